The van der Waals surface area contributed by atoms with Gasteiger partial charge in [0.05, 0.1) is 0 Å². The third-order valence-electron chi connectivity index (χ3n) is 0.562. The lowest BCUT2D eigenvalue weighted by atomic mass is 10.3. The van der Waals surface area contributed by atoms with Crippen molar-refractivity contribution < 1.29 is 14.9 Å². The van der Waals surface area contributed by atoms with Gasteiger partial charge in [0.15, 0.2) is 0 Å². The molecule has 0 aromatic carbocycles. The Bertz CT molecular complexity index is 95.8. The van der Waals surface area contributed by atoms with Gasteiger partial charge in [0.1, 0.15) is 12.0 Å². The zero-order valence-electron chi connectivity index (χ0n) is 4.63. The predicted octanol–water partition coefficient (Wildman–Crippen LogP) is 0.969. The molecule has 0 saturated carbocycles. The van der Waals surface area contributed by atoms with Crippen LogP contribution in [-0.4, -0.2) is 11.0 Å². The second-order valence-corrected chi connectivity index (χ2v) is 1.38. The summed E-state index contributed by atoms with van der Waals surface area (Å²) in [5.74, 6) is 0.0401. The van der Waals surface area contributed by atoms with Crippen molar-refractivity contribution in [1.29, 1.82) is 0 Å². The fourth-order valence-electron chi connectivity index (χ4n) is 0.257. The molecule has 8 heavy (non-hydrogen) atoms. The summed E-state index contributed by atoms with van der Waals surface area (Å²) in [5.41, 5.74) is 0. The highest BCUT2D eigenvalue weighted by atomic mass is 17.1. The highest BCUT2D eigenvalue weighted by Crippen LogP contribution is 1.82. The van der Waals surface area contributed by atoms with Gasteiger partial charge in [-0.25, -0.2) is 5.26 Å². The van der Waals surface area contributed by atoms with Crippen LogP contribution in [0, 0.1) is 0 Å². The van der Waals surface area contributed by atoms with E-state index < -0.39 is 0 Å². The molecule has 0 fully saturated rings. The number of allylic oxidation sites excluding steroid dienone is 1. The maximum absolute atomic E-state index is 10.1. The molecule has 0 radical (unpaired) electrons. The van der Waals surface area contributed by atoms with E-state index in [2.05, 4.69) is 4.89 Å². The lowest BCUT2D eigenvalue weighted by molar-refractivity contribution is -0.186. The van der Waals surface area contributed by atoms with Crippen molar-refractivity contribution >= 4 is 5.78 Å². The van der Waals surface area contributed by atoms with Crippen molar-refractivity contribution in [1.82, 2.24) is 0 Å². The van der Waals surface area contributed by atoms with Crippen molar-refractivity contribution in [2.24, 2.45) is 0 Å². The molecule has 3 heteroatoms. The van der Waals surface area contributed by atoms with Gasteiger partial charge in [-0.05, 0) is 13.0 Å². The summed E-state index contributed by atoms with van der Waals surface area (Å²) in [5, 5.41) is 7.68. The number of rotatable bonds is 3. The molecule has 1 N–H and O–H groups in total. The van der Waals surface area contributed by atoms with Crippen molar-refractivity contribution in [3.63, 3.8) is 0 Å². The van der Waals surface area contributed by atoms with Crippen LogP contribution >= 0.6 is 0 Å². The molecule has 46 valence electrons. The quantitative estimate of drug-likeness (QED) is 0.339. The van der Waals surface area contributed by atoms with Gasteiger partial charge in [0, 0.05) is 6.42 Å². The first-order valence-corrected chi connectivity index (χ1v) is 2.22. The molecular weight excluding hydrogens is 108 g/mol. The highest BCUT2D eigenvalue weighted by Gasteiger charge is 1.83. The number of hydrogen-bond donors (Lipinski definition) is 1. The van der Waals surface area contributed by atoms with E-state index in [-0.39, 0.29) is 5.78 Å². The van der Waals surface area contributed by atoms with Gasteiger partial charge >= 0.3 is 0 Å². The lowest BCUT2D eigenvalue weighted by Gasteiger charge is -1.81. The third-order valence-corrected chi connectivity index (χ3v) is 0.562. The maximum Gasteiger partial charge on any atom is 0.133 e. The minimum atomic E-state index is 0.0401. The summed E-state index contributed by atoms with van der Waals surface area (Å²) in [6.45, 7) is 1.46. The average Bonchev–Trinajstić information content (AvgIpc) is 1.66. The first-order chi connectivity index (χ1) is 3.77. The number of carbonyl (C=O) groups excluding carboxylic acids is 1. The SMILES string of the molecule is CC(=O)CC=COO. The second-order valence-electron chi connectivity index (χ2n) is 1.38. The molecule has 0 saturated heterocycles. The minimum Gasteiger partial charge on any atom is -0.349 e. The second kappa shape index (κ2) is 4.33. The monoisotopic (exact) mass is 116 g/mol. The molecule has 0 rings (SSSR count). The molecule has 0 aliphatic heterocycles. The fourth-order valence-corrected chi connectivity index (χ4v) is 0.257. The van der Waals surface area contributed by atoms with E-state index in [0.29, 0.717) is 6.42 Å². The van der Waals surface area contributed by atoms with Gasteiger partial charge in [0.2, 0.25) is 0 Å². The van der Waals surface area contributed by atoms with Crippen molar-refractivity contribution in [2.75, 3.05) is 0 Å². The molecule has 0 spiro atoms. The Morgan fingerprint density at radius 1 is 1.88 bits per heavy atom. The molecular formula is C5H8O3. The van der Waals surface area contributed by atoms with E-state index >= 15 is 0 Å². The van der Waals surface area contributed by atoms with E-state index in [4.69, 9.17) is 5.26 Å². The van der Waals surface area contributed by atoms with E-state index in [1.54, 1.807) is 0 Å². The Balaban J connectivity index is 3.16. The van der Waals surface area contributed by atoms with E-state index in [1.807, 2.05) is 0 Å². The smallest absolute Gasteiger partial charge is 0.133 e. The molecule has 0 aliphatic carbocycles. The predicted molar refractivity (Wildman–Crippen MR) is 28.2 cm³/mol. The number of ketones is 1. The Morgan fingerprint density at radius 2 is 2.50 bits per heavy atom. The summed E-state index contributed by atoms with van der Waals surface area (Å²) < 4.78 is 0. The van der Waals surface area contributed by atoms with E-state index in [9.17, 15) is 4.79 Å². The molecule has 0 heterocycles. The van der Waals surface area contributed by atoms with Gasteiger partial charge in [-0.3, -0.25) is 4.79 Å². The standard InChI is InChI=1S/C5H8O3/c1-5(6)3-2-4-8-7/h2,4,7H,3H2,1H3. The normalized spacial score (nSPS) is 9.75. The van der Waals surface area contributed by atoms with Crippen LogP contribution in [0.1, 0.15) is 13.3 Å². The maximum atomic E-state index is 10.1. The van der Waals surface area contributed by atoms with Crippen LogP contribution in [0.5, 0.6) is 0 Å². The number of Topliss-reactive ketones (excluding diaryl/α,β-unsaturated/α-hetero) is 1. The van der Waals surface area contributed by atoms with Crippen LogP contribution in [0.15, 0.2) is 12.3 Å². The van der Waals surface area contributed by atoms with Gasteiger partial charge in [0.25, 0.3) is 0 Å². The van der Waals surface area contributed by atoms with Crippen molar-refractivity contribution in [3.05, 3.63) is 12.3 Å². The topological polar surface area (TPSA) is 46.5 Å². The summed E-state index contributed by atoms with van der Waals surface area (Å²) >= 11 is 0. The minimum absolute atomic E-state index is 0.0401. The lowest BCUT2D eigenvalue weighted by Crippen LogP contribution is -1.83. The van der Waals surface area contributed by atoms with Crippen LogP contribution in [0.4, 0.5) is 0 Å². The highest BCUT2D eigenvalue weighted by molar-refractivity contribution is 5.76. The number of carbonyl (C=O) groups is 1. The summed E-state index contributed by atoms with van der Waals surface area (Å²) in [7, 11) is 0. The zero-order valence-corrected chi connectivity index (χ0v) is 4.63. The fraction of sp³-hybridized carbons (Fsp3) is 0.400. The van der Waals surface area contributed by atoms with Crippen molar-refractivity contribution in [2.45, 2.75) is 13.3 Å². The van der Waals surface area contributed by atoms with Gasteiger partial charge < -0.3 is 4.89 Å². The van der Waals surface area contributed by atoms with Crippen LogP contribution in [0.25, 0.3) is 0 Å². The summed E-state index contributed by atoms with van der Waals surface area (Å²) in [6, 6.07) is 0. The van der Waals surface area contributed by atoms with Crippen LogP contribution in [0.3, 0.4) is 0 Å². The van der Waals surface area contributed by atoms with Gasteiger partial charge in [-0.15, -0.1) is 0 Å². The summed E-state index contributed by atoms with van der Waals surface area (Å²) in [4.78, 5) is 13.7. The molecule has 0 aliphatic rings. The molecule has 0 aromatic rings. The summed E-state index contributed by atoms with van der Waals surface area (Å²) in [6.07, 6.45) is 2.80. The Morgan fingerprint density at radius 3 is 2.88 bits per heavy atom. The first kappa shape index (κ1) is 7.17. The third kappa shape index (κ3) is 5.17. The van der Waals surface area contributed by atoms with Crippen molar-refractivity contribution in [3.8, 4) is 0 Å². The Labute approximate surface area is 47.5 Å². The van der Waals surface area contributed by atoms with Crippen LogP contribution in [0.2, 0.25) is 0 Å². The average molecular weight is 116 g/mol. The Hall–Kier alpha value is -0.830. The largest absolute Gasteiger partial charge is 0.349 e. The molecule has 0 amide bonds. The van der Waals surface area contributed by atoms with Gasteiger partial charge in [-0.1, -0.05) is 0 Å². The Kier molecular flexibility index (Phi) is 3.88. The number of hydrogen-bond acceptors (Lipinski definition) is 3. The molecule has 0 bridgehead atoms. The van der Waals surface area contributed by atoms with Gasteiger partial charge in [-0.2, -0.15) is 0 Å². The van der Waals surface area contributed by atoms with E-state index in [0.717, 1.165) is 6.26 Å². The van der Waals surface area contributed by atoms with Crippen LogP contribution in [-0.2, 0) is 9.68 Å². The molecule has 3 nitrogen and oxygen atoms in total. The zero-order chi connectivity index (χ0) is 6.41. The molecule has 0 aromatic heterocycles. The van der Waals surface area contributed by atoms with E-state index in [1.165, 1.54) is 13.0 Å². The van der Waals surface area contributed by atoms with Crippen LogP contribution < -0.4 is 0 Å². The molecule has 0 atom stereocenters. The molecule has 0 unspecified atom stereocenters. The first-order valence-electron chi connectivity index (χ1n) is 2.22.